The van der Waals surface area contributed by atoms with Gasteiger partial charge in [0.2, 0.25) is 0 Å². The second kappa shape index (κ2) is 6.55. The van der Waals surface area contributed by atoms with Gasteiger partial charge in [-0.15, -0.1) is 0 Å². The molecule has 0 aromatic heterocycles. The zero-order valence-corrected chi connectivity index (χ0v) is 11.2. The summed E-state index contributed by atoms with van der Waals surface area (Å²) in [5.41, 5.74) is 2.28. The number of benzene rings is 1. The van der Waals surface area contributed by atoms with E-state index in [-0.39, 0.29) is 17.8 Å². The lowest BCUT2D eigenvalue weighted by Gasteiger charge is -2.19. The summed E-state index contributed by atoms with van der Waals surface area (Å²) in [6.45, 7) is 8.60. The van der Waals surface area contributed by atoms with E-state index >= 15 is 0 Å². The van der Waals surface area contributed by atoms with Gasteiger partial charge in [-0.2, -0.15) is 0 Å². The molecule has 0 amide bonds. The second-order valence-electron chi connectivity index (χ2n) is 4.75. The van der Waals surface area contributed by atoms with Crippen molar-refractivity contribution in [3.8, 4) is 0 Å². The highest BCUT2D eigenvalue weighted by atomic mass is 16.5. The van der Waals surface area contributed by atoms with Crippen molar-refractivity contribution >= 4 is 5.78 Å². The molecule has 0 heterocycles. The van der Waals surface area contributed by atoms with Crippen molar-refractivity contribution in [2.45, 2.75) is 40.2 Å². The topological polar surface area (TPSA) is 26.3 Å². The third-order valence-electron chi connectivity index (χ3n) is 2.77. The summed E-state index contributed by atoms with van der Waals surface area (Å²) in [5.74, 6) is 0.401. The van der Waals surface area contributed by atoms with Crippen molar-refractivity contribution in [2.75, 3.05) is 6.61 Å². The van der Waals surface area contributed by atoms with Crippen LogP contribution in [-0.4, -0.2) is 18.5 Å². The van der Waals surface area contributed by atoms with Crippen LogP contribution in [0.3, 0.4) is 0 Å². The summed E-state index contributed by atoms with van der Waals surface area (Å²) in [4.78, 5) is 12.1. The zero-order chi connectivity index (χ0) is 12.8. The van der Waals surface area contributed by atoms with Gasteiger partial charge >= 0.3 is 0 Å². The number of Topliss-reactive ketones (excluding diaryl/α,β-unsaturated/α-hetero) is 1. The van der Waals surface area contributed by atoms with E-state index in [2.05, 4.69) is 0 Å². The summed E-state index contributed by atoms with van der Waals surface area (Å²) in [5, 5.41) is 0. The van der Waals surface area contributed by atoms with Crippen molar-refractivity contribution in [3.05, 3.63) is 35.4 Å². The molecule has 0 aliphatic carbocycles. The molecule has 1 aromatic carbocycles. The first-order valence-corrected chi connectivity index (χ1v) is 6.24. The summed E-state index contributed by atoms with van der Waals surface area (Å²) >= 11 is 0. The van der Waals surface area contributed by atoms with Gasteiger partial charge in [-0.25, -0.2) is 0 Å². The molecule has 1 rings (SSSR count). The molecular formula is C15H22O2. The second-order valence-corrected chi connectivity index (χ2v) is 4.75. The van der Waals surface area contributed by atoms with Gasteiger partial charge in [0.15, 0.2) is 5.78 Å². The predicted octanol–water partition coefficient (Wildman–Crippen LogP) is 3.17. The van der Waals surface area contributed by atoms with Gasteiger partial charge < -0.3 is 4.74 Å². The summed E-state index contributed by atoms with van der Waals surface area (Å²) in [6.07, 6.45) is 0.185. The summed E-state index contributed by atoms with van der Waals surface area (Å²) in [7, 11) is 0. The van der Waals surface area contributed by atoms with Crippen LogP contribution in [0.4, 0.5) is 0 Å². The van der Waals surface area contributed by atoms with Crippen molar-refractivity contribution in [1.82, 2.24) is 0 Å². The normalized spacial score (nSPS) is 12.8. The van der Waals surface area contributed by atoms with E-state index in [0.29, 0.717) is 13.0 Å². The predicted molar refractivity (Wildman–Crippen MR) is 70.1 cm³/mol. The van der Waals surface area contributed by atoms with Gasteiger partial charge in [0, 0.05) is 13.0 Å². The number of carbonyl (C=O) groups excluding carboxylic acids is 1. The van der Waals surface area contributed by atoms with Gasteiger partial charge in [-0.05, 0) is 25.3 Å². The first-order chi connectivity index (χ1) is 8.04. The van der Waals surface area contributed by atoms with Crippen LogP contribution >= 0.6 is 0 Å². The minimum Gasteiger partial charge on any atom is -0.370 e. The number of hydrogen-bond acceptors (Lipinski definition) is 2. The van der Waals surface area contributed by atoms with E-state index in [1.54, 1.807) is 0 Å². The van der Waals surface area contributed by atoms with Crippen LogP contribution in [0.1, 0.15) is 31.9 Å². The maximum absolute atomic E-state index is 12.1. The Bertz CT molecular complexity index is 352. The molecule has 0 aliphatic heterocycles. The smallest absolute Gasteiger partial charge is 0.166 e. The first kappa shape index (κ1) is 13.9. The fourth-order valence-electron chi connectivity index (χ4n) is 1.84. The quantitative estimate of drug-likeness (QED) is 0.755. The first-order valence-electron chi connectivity index (χ1n) is 6.24. The molecule has 0 aliphatic rings. The largest absolute Gasteiger partial charge is 0.370 e. The molecule has 1 atom stereocenters. The lowest BCUT2D eigenvalue weighted by molar-refractivity contribution is -0.132. The van der Waals surface area contributed by atoms with Crippen LogP contribution in [0.5, 0.6) is 0 Å². The molecule has 0 fully saturated rings. The molecule has 1 aromatic rings. The number of ketones is 1. The van der Waals surface area contributed by atoms with Gasteiger partial charge in [0.1, 0.15) is 6.10 Å². The number of hydrogen-bond donors (Lipinski definition) is 0. The maximum atomic E-state index is 12.1. The van der Waals surface area contributed by atoms with Crippen LogP contribution in [0.25, 0.3) is 0 Å². The summed E-state index contributed by atoms with van der Waals surface area (Å²) in [6, 6.07) is 8.09. The highest BCUT2D eigenvalue weighted by Gasteiger charge is 2.22. The molecule has 0 saturated carbocycles. The van der Waals surface area contributed by atoms with Crippen molar-refractivity contribution in [3.63, 3.8) is 0 Å². The standard InChI is InChI=1S/C15H22O2/c1-5-17-15(11(2)3)14(16)10-13-8-6-12(4)7-9-13/h6-9,11,15H,5,10H2,1-4H3. The number of carbonyl (C=O) groups is 1. The van der Waals surface area contributed by atoms with E-state index in [4.69, 9.17) is 4.74 Å². The van der Waals surface area contributed by atoms with Crippen LogP contribution in [-0.2, 0) is 16.0 Å². The molecular weight excluding hydrogens is 212 g/mol. The molecule has 1 unspecified atom stereocenters. The molecule has 0 radical (unpaired) electrons. The Hall–Kier alpha value is -1.15. The van der Waals surface area contributed by atoms with Gasteiger partial charge in [0.05, 0.1) is 0 Å². The fraction of sp³-hybridized carbons (Fsp3) is 0.533. The highest BCUT2D eigenvalue weighted by Crippen LogP contribution is 2.12. The van der Waals surface area contributed by atoms with Crippen LogP contribution in [0.2, 0.25) is 0 Å². The van der Waals surface area contributed by atoms with E-state index < -0.39 is 0 Å². The molecule has 2 heteroatoms. The van der Waals surface area contributed by atoms with Gasteiger partial charge in [0.25, 0.3) is 0 Å². The van der Waals surface area contributed by atoms with Crippen molar-refractivity contribution in [1.29, 1.82) is 0 Å². The SMILES string of the molecule is CCOC(C(=O)Cc1ccc(C)cc1)C(C)C. The molecule has 94 valence electrons. The zero-order valence-electron chi connectivity index (χ0n) is 11.2. The van der Waals surface area contributed by atoms with E-state index in [0.717, 1.165) is 5.56 Å². The molecule has 0 saturated heterocycles. The van der Waals surface area contributed by atoms with Crippen LogP contribution < -0.4 is 0 Å². The average Bonchev–Trinajstić information content (AvgIpc) is 2.28. The Balaban J connectivity index is 2.66. The number of rotatable bonds is 6. The fourth-order valence-corrected chi connectivity index (χ4v) is 1.84. The van der Waals surface area contributed by atoms with Gasteiger partial charge in [-0.1, -0.05) is 43.7 Å². The molecule has 2 nitrogen and oxygen atoms in total. The Kier molecular flexibility index (Phi) is 5.36. The number of aryl methyl sites for hydroxylation is 1. The summed E-state index contributed by atoms with van der Waals surface area (Å²) < 4.78 is 5.51. The molecule has 0 spiro atoms. The molecule has 0 bridgehead atoms. The third-order valence-corrected chi connectivity index (χ3v) is 2.77. The Labute approximate surface area is 104 Å². The highest BCUT2D eigenvalue weighted by molar-refractivity contribution is 5.85. The van der Waals surface area contributed by atoms with Crippen LogP contribution in [0, 0.1) is 12.8 Å². The monoisotopic (exact) mass is 234 g/mol. The Morgan fingerprint density at radius 3 is 2.29 bits per heavy atom. The van der Waals surface area contributed by atoms with E-state index in [1.165, 1.54) is 5.56 Å². The van der Waals surface area contributed by atoms with Crippen molar-refractivity contribution in [2.24, 2.45) is 5.92 Å². The minimum absolute atomic E-state index is 0.172. The van der Waals surface area contributed by atoms with Crippen molar-refractivity contribution < 1.29 is 9.53 Å². The molecule has 17 heavy (non-hydrogen) atoms. The van der Waals surface area contributed by atoms with Crippen LogP contribution in [0.15, 0.2) is 24.3 Å². The van der Waals surface area contributed by atoms with E-state index in [1.807, 2.05) is 52.0 Å². The Morgan fingerprint density at radius 1 is 1.24 bits per heavy atom. The van der Waals surface area contributed by atoms with E-state index in [9.17, 15) is 4.79 Å². The third kappa shape index (κ3) is 4.31. The van der Waals surface area contributed by atoms with Gasteiger partial charge in [-0.3, -0.25) is 4.79 Å². The Morgan fingerprint density at radius 2 is 1.82 bits per heavy atom. The maximum Gasteiger partial charge on any atom is 0.166 e. The lowest BCUT2D eigenvalue weighted by atomic mass is 9.97. The lowest BCUT2D eigenvalue weighted by Crippen LogP contribution is -2.31. The average molecular weight is 234 g/mol. The minimum atomic E-state index is -0.277. The molecule has 0 N–H and O–H groups in total. The number of ether oxygens (including phenoxy) is 1.